The van der Waals surface area contributed by atoms with Crippen LogP contribution in [0.4, 0.5) is 5.82 Å². The highest BCUT2D eigenvalue weighted by molar-refractivity contribution is 5.50. The minimum atomic E-state index is 0.414. The molecule has 6 nitrogen and oxygen atoms in total. The van der Waals surface area contributed by atoms with Gasteiger partial charge in [-0.3, -0.25) is 4.98 Å². The molecule has 0 aliphatic carbocycles. The van der Waals surface area contributed by atoms with Crippen LogP contribution >= 0.6 is 0 Å². The summed E-state index contributed by atoms with van der Waals surface area (Å²) in [5.41, 5.74) is 1.64. The second kappa shape index (κ2) is 7.16. The van der Waals surface area contributed by atoms with Crippen molar-refractivity contribution in [1.82, 2.24) is 19.9 Å². The van der Waals surface area contributed by atoms with Crippen molar-refractivity contribution in [3.8, 4) is 6.07 Å². The van der Waals surface area contributed by atoms with E-state index in [9.17, 15) is 0 Å². The van der Waals surface area contributed by atoms with Crippen LogP contribution in [-0.4, -0.2) is 46.5 Å². The highest BCUT2D eigenvalue weighted by Crippen LogP contribution is 2.24. The minimum absolute atomic E-state index is 0.414. The van der Waals surface area contributed by atoms with Gasteiger partial charge in [-0.25, -0.2) is 9.97 Å². The average Bonchev–Trinajstić information content (AvgIpc) is 3.03. The first-order valence-electron chi connectivity index (χ1n) is 7.79. The molecule has 0 N–H and O–H groups in total. The molecule has 1 aliphatic heterocycles. The normalized spacial score (nSPS) is 17.4. The van der Waals surface area contributed by atoms with E-state index in [1.54, 1.807) is 18.6 Å². The summed E-state index contributed by atoms with van der Waals surface area (Å²) in [4.78, 5) is 17.1. The van der Waals surface area contributed by atoms with Gasteiger partial charge >= 0.3 is 0 Å². The zero-order valence-corrected chi connectivity index (χ0v) is 13.3. The summed E-state index contributed by atoms with van der Waals surface area (Å²) in [6, 6.07) is 6.20. The Morgan fingerprint density at radius 3 is 3.00 bits per heavy atom. The summed E-state index contributed by atoms with van der Waals surface area (Å²) >= 11 is 0. The number of hydrogen-bond acceptors (Lipinski definition) is 6. The zero-order valence-electron chi connectivity index (χ0n) is 13.3. The predicted molar refractivity (Wildman–Crippen MR) is 87.6 cm³/mol. The molecule has 1 saturated heterocycles. The lowest BCUT2D eigenvalue weighted by Crippen LogP contribution is -2.28. The summed E-state index contributed by atoms with van der Waals surface area (Å²) < 4.78 is 0. The Bertz CT molecular complexity index is 681. The lowest BCUT2D eigenvalue weighted by atomic mass is 10.1. The highest BCUT2D eigenvalue weighted by Gasteiger charge is 2.26. The first-order chi connectivity index (χ1) is 11.3. The molecule has 1 fully saturated rings. The molecule has 0 unspecified atom stereocenters. The van der Waals surface area contributed by atoms with Crippen LogP contribution in [0.15, 0.2) is 36.9 Å². The fourth-order valence-electron chi connectivity index (χ4n) is 3.12. The quantitative estimate of drug-likeness (QED) is 0.837. The topological polar surface area (TPSA) is 68.9 Å². The second-order valence-electron chi connectivity index (χ2n) is 6.00. The van der Waals surface area contributed by atoms with E-state index < -0.39 is 0 Å². The average molecular weight is 308 g/mol. The van der Waals surface area contributed by atoms with Crippen molar-refractivity contribution in [2.24, 2.45) is 5.92 Å². The van der Waals surface area contributed by atoms with Crippen molar-refractivity contribution in [1.29, 1.82) is 5.26 Å². The molecule has 0 saturated carbocycles. The van der Waals surface area contributed by atoms with Crippen molar-refractivity contribution >= 4 is 5.82 Å². The van der Waals surface area contributed by atoms with Gasteiger partial charge in [-0.1, -0.05) is 6.07 Å². The standard InChI is InChI=1S/C17H20N6/c1-22(11-14-3-2-5-19-10-14)12-15-4-8-23(13-15)17-16(9-18)20-6-7-21-17/h2-3,5-7,10,15H,4,8,11-13H2,1H3/t15-/m1/s1. The molecule has 3 heterocycles. The number of nitrogens with zero attached hydrogens (tertiary/aromatic N) is 6. The van der Waals surface area contributed by atoms with E-state index in [4.69, 9.17) is 5.26 Å². The monoisotopic (exact) mass is 308 g/mol. The number of aromatic nitrogens is 3. The molecule has 0 radical (unpaired) electrons. The molecule has 2 aromatic rings. The molecule has 0 amide bonds. The molecule has 3 rings (SSSR count). The highest BCUT2D eigenvalue weighted by atomic mass is 15.2. The molecule has 2 aromatic heterocycles. The Balaban J connectivity index is 1.57. The Hall–Kier alpha value is -2.52. The van der Waals surface area contributed by atoms with Crippen LogP contribution in [0, 0.1) is 17.2 Å². The largest absolute Gasteiger partial charge is 0.354 e. The number of pyridine rings is 1. The first-order valence-corrected chi connectivity index (χ1v) is 7.79. The van der Waals surface area contributed by atoms with Crippen LogP contribution in [0.25, 0.3) is 0 Å². The van der Waals surface area contributed by atoms with E-state index in [0.717, 1.165) is 32.6 Å². The van der Waals surface area contributed by atoms with Crippen LogP contribution in [0.1, 0.15) is 17.7 Å². The Morgan fingerprint density at radius 2 is 2.22 bits per heavy atom. The van der Waals surface area contributed by atoms with E-state index in [0.29, 0.717) is 17.4 Å². The molecular weight excluding hydrogens is 288 g/mol. The molecule has 0 spiro atoms. The molecule has 1 atom stereocenters. The Morgan fingerprint density at radius 1 is 1.35 bits per heavy atom. The summed E-state index contributed by atoms with van der Waals surface area (Å²) in [5.74, 6) is 1.29. The van der Waals surface area contributed by atoms with Gasteiger partial charge in [-0.15, -0.1) is 0 Å². The molecule has 6 heteroatoms. The molecule has 118 valence electrons. The SMILES string of the molecule is CN(Cc1cccnc1)C[C@H]1CCN(c2nccnc2C#N)C1. The lowest BCUT2D eigenvalue weighted by Gasteiger charge is -2.22. The van der Waals surface area contributed by atoms with Crippen molar-refractivity contribution in [2.45, 2.75) is 13.0 Å². The van der Waals surface area contributed by atoms with Gasteiger partial charge in [-0.05, 0) is 31.0 Å². The molecule has 1 aliphatic rings. The van der Waals surface area contributed by atoms with Crippen LogP contribution in [-0.2, 0) is 6.54 Å². The van der Waals surface area contributed by atoms with Crippen molar-refractivity contribution in [2.75, 3.05) is 31.6 Å². The van der Waals surface area contributed by atoms with Crippen LogP contribution < -0.4 is 4.90 Å². The maximum Gasteiger partial charge on any atom is 0.183 e. The number of nitriles is 1. The Kier molecular flexibility index (Phi) is 4.79. The molecule has 0 bridgehead atoms. The zero-order chi connectivity index (χ0) is 16.1. The summed E-state index contributed by atoms with van der Waals surface area (Å²) in [6.07, 6.45) is 8.04. The van der Waals surface area contributed by atoms with E-state index in [-0.39, 0.29) is 0 Å². The van der Waals surface area contributed by atoms with Gasteiger partial charge in [0.05, 0.1) is 0 Å². The summed E-state index contributed by atoms with van der Waals surface area (Å²) in [7, 11) is 2.14. The Labute approximate surface area is 136 Å². The fourth-order valence-corrected chi connectivity index (χ4v) is 3.12. The van der Waals surface area contributed by atoms with Gasteiger partial charge in [0.2, 0.25) is 0 Å². The lowest BCUT2D eigenvalue weighted by molar-refractivity contribution is 0.279. The van der Waals surface area contributed by atoms with Crippen molar-refractivity contribution in [3.63, 3.8) is 0 Å². The third-order valence-corrected chi connectivity index (χ3v) is 4.12. The van der Waals surface area contributed by atoms with Gasteiger partial charge in [-0.2, -0.15) is 5.26 Å². The number of anilines is 1. The third kappa shape index (κ3) is 3.82. The van der Waals surface area contributed by atoms with Gasteiger partial charge in [0.1, 0.15) is 6.07 Å². The summed E-state index contributed by atoms with van der Waals surface area (Å²) in [5, 5.41) is 9.16. The van der Waals surface area contributed by atoms with Gasteiger partial charge in [0.25, 0.3) is 0 Å². The maximum atomic E-state index is 9.16. The van der Waals surface area contributed by atoms with Crippen LogP contribution in [0.3, 0.4) is 0 Å². The smallest absolute Gasteiger partial charge is 0.183 e. The fraction of sp³-hybridized carbons (Fsp3) is 0.412. The van der Waals surface area contributed by atoms with E-state index >= 15 is 0 Å². The van der Waals surface area contributed by atoms with Crippen LogP contribution in [0.2, 0.25) is 0 Å². The van der Waals surface area contributed by atoms with E-state index in [2.05, 4.69) is 43.9 Å². The predicted octanol–water partition coefficient (Wildman–Crippen LogP) is 1.70. The second-order valence-corrected chi connectivity index (χ2v) is 6.00. The van der Waals surface area contributed by atoms with E-state index in [1.165, 1.54) is 5.56 Å². The maximum absolute atomic E-state index is 9.16. The molecule has 0 aromatic carbocycles. The van der Waals surface area contributed by atoms with E-state index in [1.807, 2.05) is 12.3 Å². The first kappa shape index (κ1) is 15.4. The van der Waals surface area contributed by atoms with Crippen molar-refractivity contribution < 1.29 is 0 Å². The molecule has 23 heavy (non-hydrogen) atoms. The number of hydrogen-bond donors (Lipinski definition) is 0. The third-order valence-electron chi connectivity index (χ3n) is 4.12. The summed E-state index contributed by atoms with van der Waals surface area (Å²) in [6.45, 7) is 3.77. The molecular formula is C17H20N6. The van der Waals surface area contributed by atoms with Crippen LogP contribution in [0.5, 0.6) is 0 Å². The van der Waals surface area contributed by atoms with Gasteiger partial charge in [0.15, 0.2) is 11.5 Å². The van der Waals surface area contributed by atoms with Gasteiger partial charge < -0.3 is 9.80 Å². The minimum Gasteiger partial charge on any atom is -0.354 e. The number of rotatable bonds is 5. The van der Waals surface area contributed by atoms with Gasteiger partial charge in [0, 0.05) is 51.0 Å². The van der Waals surface area contributed by atoms with Crippen molar-refractivity contribution in [3.05, 3.63) is 48.2 Å².